The number of carbonyl (C=O) groups excluding carboxylic acids is 1. The van der Waals surface area contributed by atoms with Crippen LogP contribution in [0.3, 0.4) is 0 Å². The molecule has 1 fully saturated rings. The second-order valence-corrected chi connectivity index (χ2v) is 6.58. The van der Waals surface area contributed by atoms with E-state index in [-0.39, 0.29) is 18.6 Å². The molecule has 3 N–H and O–H groups in total. The van der Waals surface area contributed by atoms with Crippen molar-refractivity contribution in [3.63, 3.8) is 0 Å². The number of hydrogen-bond donors (Lipinski definition) is 2. The van der Waals surface area contributed by atoms with Crippen LogP contribution in [0.4, 0.5) is 0 Å². The lowest BCUT2D eigenvalue weighted by Gasteiger charge is -2.23. The van der Waals surface area contributed by atoms with Crippen LogP contribution in [-0.2, 0) is 4.79 Å². The van der Waals surface area contributed by atoms with Crippen LogP contribution in [0.2, 0.25) is 0 Å². The fraction of sp³-hybridized carbons (Fsp3) is 0.562. The van der Waals surface area contributed by atoms with Gasteiger partial charge in [-0.3, -0.25) is 4.79 Å². The number of ether oxygens (including phenoxy) is 1. The van der Waals surface area contributed by atoms with Gasteiger partial charge in [-0.25, -0.2) is 0 Å². The van der Waals surface area contributed by atoms with Gasteiger partial charge in [0.15, 0.2) is 6.61 Å². The molecule has 5 heteroatoms. The summed E-state index contributed by atoms with van der Waals surface area (Å²) < 4.78 is 6.57. The summed E-state index contributed by atoms with van der Waals surface area (Å²) in [6.45, 7) is 1.94. The Morgan fingerprint density at radius 2 is 2.14 bits per heavy atom. The van der Waals surface area contributed by atoms with Gasteiger partial charge in [-0.15, -0.1) is 0 Å². The minimum Gasteiger partial charge on any atom is -0.483 e. The predicted octanol–water partition coefficient (Wildman–Crippen LogP) is 3.30. The third-order valence-corrected chi connectivity index (χ3v) is 4.29. The highest BCUT2D eigenvalue weighted by Crippen LogP contribution is 2.27. The average Bonchev–Trinajstić information content (AvgIpc) is 2.46. The van der Waals surface area contributed by atoms with E-state index < -0.39 is 0 Å². The highest BCUT2D eigenvalue weighted by Gasteiger charge is 2.16. The molecule has 0 bridgehead atoms. The molecular formula is C16H23BrN2O2. The second kappa shape index (κ2) is 7.80. The molecule has 1 aromatic carbocycles. The van der Waals surface area contributed by atoms with E-state index in [4.69, 9.17) is 10.5 Å². The van der Waals surface area contributed by atoms with E-state index in [2.05, 4.69) is 21.2 Å². The number of halogens is 1. The normalized spacial score (nSPS) is 17.3. The van der Waals surface area contributed by atoms with E-state index in [0.29, 0.717) is 11.8 Å². The smallest absolute Gasteiger partial charge is 0.258 e. The molecule has 0 radical (unpaired) electrons. The molecule has 0 aliphatic heterocycles. The van der Waals surface area contributed by atoms with Crippen molar-refractivity contribution in [2.24, 2.45) is 5.73 Å². The van der Waals surface area contributed by atoms with Gasteiger partial charge in [0.25, 0.3) is 5.91 Å². The lowest BCUT2D eigenvalue weighted by Crippen LogP contribution is -2.39. The molecule has 1 saturated carbocycles. The number of nitrogens with two attached hydrogens (primary N) is 1. The van der Waals surface area contributed by atoms with Gasteiger partial charge in [-0.05, 0) is 31.9 Å². The largest absolute Gasteiger partial charge is 0.483 e. The number of carbonyl (C=O) groups is 1. The van der Waals surface area contributed by atoms with Gasteiger partial charge in [-0.1, -0.05) is 41.3 Å². The summed E-state index contributed by atoms with van der Waals surface area (Å²) in [7, 11) is 0. The first kappa shape index (κ1) is 16.3. The molecule has 0 spiro atoms. The molecular weight excluding hydrogens is 332 g/mol. The van der Waals surface area contributed by atoms with Crippen molar-refractivity contribution in [2.75, 3.05) is 6.61 Å². The maximum Gasteiger partial charge on any atom is 0.258 e. The molecule has 1 atom stereocenters. The molecule has 116 valence electrons. The second-order valence-electron chi connectivity index (χ2n) is 5.66. The zero-order valence-electron chi connectivity index (χ0n) is 12.4. The number of amides is 1. The van der Waals surface area contributed by atoms with Crippen LogP contribution >= 0.6 is 15.9 Å². The van der Waals surface area contributed by atoms with Crippen LogP contribution in [0.1, 0.15) is 50.6 Å². The first-order chi connectivity index (χ1) is 10.1. The summed E-state index contributed by atoms with van der Waals surface area (Å²) in [5.74, 6) is 0.607. The molecule has 0 aromatic heterocycles. The lowest BCUT2D eigenvalue weighted by molar-refractivity contribution is -0.124. The van der Waals surface area contributed by atoms with E-state index in [1.165, 1.54) is 19.3 Å². The fourth-order valence-corrected chi connectivity index (χ4v) is 3.01. The molecule has 4 nitrogen and oxygen atoms in total. The van der Waals surface area contributed by atoms with Gasteiger partial charge in [0.1, 0.15) is 5.75 Å². The zero-order valence-corrected chi connectivity index (χ0v) is 14.0. The van der Waals surface area contributed by atoms with Crippen LogP contribution < -0.4 is 15.8 Å². The maximum absolute atomic E-state index is 12.0. The number of hydrogen-bond acceptors (Lipinski definition) is 3. The molecule has 0 heterocycles. The minimum absolute atomic E-state index is 0.0344. The molecule has 1 aliphatic carbocycles. The highest BCUT2D eigenvalue weighted by molar-refractivity contribution is 9.10. The Bertz CT molecular complexity index is 485. The number of nitrogens with one attached hydrogen (secondary N) is 1. The van der Waals surface area contributed by atoms with Crippen molar-refractivity contribution in [3.8, 4) is 5.75 Å². The van der Waals surface area contributed by atoms with Crippen LogP contribution in [0.15, 0.2) is 22.7 Å². The highest BCUT2D eigenvalue weighted by atomic mass is 79.9. The van der Waals surface area contributed by atoms with Crippen molar-refractivity contribution >= 4 is 21.8 Å². The Hall–Kier alpha value is -1.07. The number of benzene rings is 1. The summed E-state index contributed by atoms with van der Waals surface area (Å²) in [4.78, 5) is 12.0. The summed E-state index contributed by atoms with van der Waals surface area (Å²) >= 11 is 3.41. The third-order valence-electron chi connectivity index (χ3n) is 3.80. The summed E-state index contributed by atoms with van der Waals surface area (Å²) in [6, 6.07) is 5.88. The summed E-state index contributed by atoms with van der Waals surface area (Å²) in [5, 5.41) is 3.05. The van der Waals surface area contributed by atoms with E-state index >= 15 is 0 Å². The molecule has 21 heavy (non-hydrogen) atoms. The van der Waals surface area contributed by atoms with Crippen LogP contribution in [-0.4, -0.2) is 18.6 Å². The summed E-state index contributed by atoms with van der Waals surface area (Å²) in [6.07, 6.45) is 5.83. The SMILES string of the molecule is CC(N)c1ccc(Br)cc1OCC(=O)NC1CCCCC1. The average molecular weight is 355 g/mol. The van der Waals surface area contributed by atoms with Crippen molar-refractivity contribution in [1.82, 2.24) is 5.32 Å². The Kier molecular flexibility index (Phi) is 6.06. The van der Waals surface area contributed by atoms with E-state index in [9.17, 15) is 4.79 Å². The zero-order chi connectivity index (χ0) is 15.2. The molecule has 1 aliphatic rings. The summed E-state index contributed by atoms with van der Waals surface area (Å²) in [5.41, 5.74) is 6.83. The third kappa shape index (κ3) is 5.00. The standard InChI is InChI=1S/C16H23BrN2O2/c1-11(18)14-8-7-12(17)9-15(14)21-10-16(20)19-13-5-3-2-4-6-13/h7-9,11,13H,2-6,10,18H2,1H3,(H,19,20). The molecule has 0 saturated heterocycles. The van der Waals surface area contributed by atoms with Gasteiger partial charge in [0.05, 0.1) is 0 Å². The Morgan fingerprint density at radius 1 is 1.43 bits per heavy atom. The molecule has 1 amide bonds. The van der Waals surface area contributed by atoms with Gasteiger partial charge in [0.2, 0.25) is 0 Å². The van der Waals surface area contributed by atoms with Gasteiger partial charge < -0.3 is 15.8 Å². The van der Waals surface area contributed by atoms with Crippen LogP contribution in [0.25, 0.3) is 0 Å². The molecule has 1 aromatic rings. The topological polar surface area (TPSA) is 64.3 Å². The maximum atomic E-state index is 12.0. The number of rotatable bonds is 5. The fourth-order valence-electron chi connectivity index (χ4n) is 2.67. The van der Waals surface area contributed by atoms with E-state index in [0.717, 1.165) is 22.9 Å². The van der Waals surface area contributed by atoms with Crippen LogP contribution in [0.5, 0.6) is 5.75 Å². The first-order valence-corrected chi connectivity index (χ1v) is 8.33. The Balaban J connectivity index is 1.89. The van der Waals surface area contributed by atoms with Crippen LogP contribution in [0, 0.1) is 0 Å². The van der Waals surface area contributed by atoms with Gasteiger partial charge in [0, 0.05) is 22.1 Å². The van der Waals surface area contributed by atoms with Crippen molar-refractivity contribution in [1.29, 1.82) is 0 Å². The lowest BCUT2D eigenvalue weighted by atomic mass is 9.95. The van der Waals surface area contributed by atoms with Crippen molar-refractivity contribution in [2.45, 2.75) is 51.1 Å². The first-order valence-electron chi connectivity index (χ1n) is 7.53. The molecule has 1 unspecified atom stereocenters. The Morgan fingerprint density at radius 3 is 2.81 bits per heavy atom. The van der Waals surface area contributed by atoms with Gasteiger partial charge in [-0.2, -0.15) is 0 Å². The minimum atomic E-state index is -0.130. The van der Waals surface area contributed by atoms with E-state index in [1.807, 2.05) is 25.1 Å². The Labute approximate surface area is 134 Å². The van der Waals surface area contributed by atoms with E-state index in [1.54, 1.807) is 0 Å². The quantitative estimate of drug-likeness (QED) is 0.852. The van der Waals surface area contributed by atoms with Crippen molar-refractivity contribution in [3.05, 3.63) is 28.2 Å². The monoisotopic (exact) mass is 354 g/mol. The molecule has 2 rings (SSSR count). The predicted molar refractivity (Wildman–Crippen MR) is 87.3 cm³/mol. The van der Waals surface area contributed by atoms with Gasteiger partial charge >= 0.3 is 0 Å². The van der Waals surface area contributed by atoms with Crippen molar-refractivity contribution < 1.29 is 9.53 Å².